The third kappa shape index (κ3) is 5.47. The lowest BCUT2D eigenvalue weighted by Crippen LogP contribution is -2.30. The number of nitrogens with one attached hydrogen (secondary N) is 4. The number of carbonyl (C=O) groups is 2. The molecule has 0 saturated carbocycles. The molecule has 0 saturated heterocycles. The summed E-state index contributed by atoms with van der Waals surface area (Å²) >= 11 is 0. The average Bonchev–Trinajstić information content (AvgIpc) is 2.73. The second-order valence-electron chi connectivity index (χ2n) is 6.15. The third-order valence-corrected chi connectivity index (χ3v) is 3.87. The Morgan fingerprint density at radius 3 is 2.19 bits per heavy atom. The van der Waals surface area contributed by atoms with Crippen molar-refractivity contribution in [2.24, 2.45) is 0 Å². The molecule has 0 radical (unpaired) electrons. The van der Waals surface area contributed by atoms with Crippen molar-refractivity contribution in [3.05, 3.63) is 76.4 Å². The molecule has 0 spiro atoms. The Hall–Kier alpha value is -4.61. The first-order valence-electron chi connectivity index (χ1n) is 8.79. The van der Waals surface area contributed by atoms with Crippen molar-refractivity contribution >= 4 is 40.5 Å². The van der Waals surface area contributed by atoms with Gasteiger partial charge in [0.2, 0.25) is 17.5 Å². The lowest BCUT2D eigenvalue weighted by molar-refractivity contribution is -0.383. The van der Waals surface area contributed by atoms with Gasteiger partial charge in [-0.1, -0.05) is 0 Å². The number of hydrazine groups is 1. The van der Waals surface area contributed by atoms with Crippen molar-refractivity contribution < 1.29 is 18.9 Å². The second kappa shape index (κ2) is 9.26. The summed E-state index contributed by atoms with van der Waals surface area (Å²) in [5.41, 5.74) is 5.32. The quantitative estimate of drug-likeness (QED) is 0.333. The Bertz CT molecular complexity index is 1120. The number of amides is 2. The fraction of sp³-hybridized carbons (Fsp3) is 0.0526. The summed E-state index contributed by atoms with van der Waals surface area (Å²) in [7, 11) is 0. The van der Waals surface area contributed by atoms with Crippen molar-refractivity contribution in [3.8, 4) is 0 Å². The number of nitrogens with zero attached hydrogens (tertiary/aromatic N) is 3. The minimum Gasteiger partial charge on any atom is -0.334 e. The molecule has 2 amide bonds. The normalized spacial score (nSPS) is 10.1. The molecule has 11 nitrogen and oxygen atoms in total. The van der Waals surface area contributed by atoms with Gasteiger partial charge in [-0.05, 0) is 48.5 Å². The van der Waals surface area contributed by atoms with Gasteiger partial charge in [-0.3, -0.25) is 30.6 Å². The van der Waals surface area contributed by atoms with Crippen molar-refractivity contribution in [3.63, 3.8) is 0 Å². The van der Waals surface area contributed by atoms with E-state index >= 15 is 0 Å². The molecular formula is C19H16FN7O4. The summed E-state index contributed by atoms with van der Waals surface area (Å²) in [5, 5.41) is 17.0. The molecule has 1 aromatic heterocycles. The molecule has 0 unspecified atom stereocenters. The van der Waals surface area contributed by atoms with Crippen LogP contribution in [0.4, 0.5) is 33.1 Å². The van der Waals surface area contributed by atoms with E-state index in [1.54, 1.807) is 24.3 Å². The predicted molar refractivity (Wildman–Crippen MR) is 110 cm³/mol. The largest absolute Gasteiger partial charge is 0.355 e. The summed E-state index contributed by atoms with van der Waals surface area (Å²) in [6.07, 6.45) is 1.08. The maximum absolute atomic E-state index is 13.0. The lowest BCUT2D eigenvalue weighted by Gasteiger charge is -2.11. The summed E-state index contributed by atoms with van der Waals surface area (Å²) in [4.78, 5) is 41.8. The van der Waals surface area contributed by atoms with Gasteiger partial charge in [0, 0.05) is 23.9 Å². The highest BCUT2D eigenvalue weighted by Crippen LogP contribution is 2.31. The highest BCUT2D eigenvalue weighted by atomic mass is 19.1. The van der Waals surface area contributed by atoms with Crippen LogP contribution in [-0.2, 0) is 4.79 Å². The van der Waals surface area contributed by atoms with Gasteiger partial charge in [0.05, 0.1) is 4.92 Å². The van der Waals surface area contributed by atoms with E-state index in [0.717, 1.165) is 18.5 Å². The van der Waals surface area contributed by atoms with Gasteiger partial charge in [-0.2, -0.15) is 0 Å². The van der Waals surface area contributed by atoms with Crippen LogP contribution < -0.4 is 21.5 Å². The SMILES string of the molecule is CC(=O)Nc1ccc(Nc2ncnc(NNC(=O)c3ccc(F)cc3)c2[N+](=O)[O-])cc1. The molecular weight excluding hydrogens is 409 g/mol. The Morgan fingerprint density at radius 1 is 0.968 bits per heavy atom. The number of hydrogen-bond donors (Lipinski definition) is 4. The highest BCUT2D eigenvalue weighted by molar-refractivity contribution is 5.95. The van der Waals surface area contributed by atoms with E-state index in [1.165, 1.54) is 19.1 Å². The molecule has 0 bridgehead atoms. The van der Waals surface area contributed by atoms with Gasteiger partial charge in [0.1, 0.15) is 12.1 Å². The van der Waals surface area contributed by atoms with Crippen molar-refractivity contribution in [1.82, 2.24) is 15.4 Å². The van der Waals surface area contributed by atoms with Gasteiger partial charge in [0.15, 0.2) is 0 Å². The van der Waals surface area contributed by atoms with Gasteiger partial charge in [-0.25, -0.2) is 14.4 Å². The molecule has 0 aliphatic carbocycles. The molecule has 4 N–H and O–H groups in total. The fourth-order valence-electron chi connectivity index (χ4n) is 2.50. The molecule has 31 heavy (non-hydrogen) atoms. The monoisotopic (exact) mass is 425 g/mol. The van der Waals surface area contributed by atoms with Crippen LogP contribution in [0.15, 0.2) is 54.9 Å². The first kappa shape index (κ1) is 21.1. The predicted octanol–water partition coefficient (Wildman–Crippen LogP) is 2.98. The van der Waals surface area contributed by atoms with Crippen LogP contribution in [0.2, 0.25) is 0 Å². The summed E-state index contributed by atoms with van der Waals surface area (Å²) in [6.45, 7) is 1.37. The standard InChI is InChI=1S/C19H16FN7O4/c1-11(28)23-14-6-8-15(9-7-14)24-17-16(27(30)31)18(22-10-21-17)25-26-19(29)12-2-4-13(20)5-3-12/h2-10H,1H3,(H,23,28)(H,26,29)(H2,21,22,24,25). The van der Waals surface area contributed by atoms with E-state index in [9.17, 15) is 24.1 Å². The smallest absolute Gasteiger partial charge is 0.334 e. The molecule has 0 atom stereocenters. The first-order chi connectivity index (χ1) is 14.8. The van der Waals surface area contributed by atoms with Crippen LogP contribution >= 0.6 is 0 Å². The van der Waals surface area contributed by atoms with E-state index in [0.29, 0.717) is 11.4 Å². The van der Waals surface area contributed by atoms with E-state index in [-0.39, 0.29) is 23.1 Å². The van der Waals surface area contributed by atoms with Crippen LogP contribution in [0.1, 0.15) is 17.3 Å². The number of aromatic nitrogens is 2. The van der Waals surface area contributed by atoms with Gasteiger partial charge in [0.25, 0.3) is 5.91 Å². The molecule has 0 aliphatic heterocycles. The highest BCUT2D eigenvalue weighted by Gasteiger charge is 2.23. The van der Waals surface area contributed by atoms with E-state index in [1.807, 2.05) is 0 Å². The second-order valence-corrected chi connectivity index (χ2v) is 6.15. The minimum absolute atomic E-state index is 0.120. The van der Waals surface area contributed by atoms with Gasteiger partial charge in [-0.15, -0.1) is 0 Å². The number of nitro groups is 1. The molecule has 0 fully saturated rings. The topological polar surface area (TPSA) is 151 Å². The maximum atomic E-state index is 13.0. The number of anilines is 4. The Morgan fingerprint density at radius 2 is 1.58 bits per heavy atom. The number of halogens is 1. The van der Waals surface area contributed by atoms with Crippen LogP contribution in [-0.4, -0.2) is 26.7 Å². The lowest BCUT2D eigenvalue weighted by atomic mass is 10.2. The number of carbonyl (C=O) groups excluding carboxylic acids is 2. The van der Waals surface area contributed by atoms with E-state index in [4.69, 9.17) is 0 Å². The molecule has 0 aliphatic rings. The zero-order chi connectivity index (χ0) is 22.4. The van der Waals surface area contributed by atoms with Crippen LogP contribution in [0, 0.1) is 15.9 Å². The third-order valence-electron chi connectivity index (χ3n) is 3.87. The Labute approximate surface area is 174 Å². The van der Waals surface area contributed by atoms with Crippen molar-refractivity contribution in [2.45, 2.75) is 6.92 Å². The number of benzene rings is 2. The van der Waals surface area contributed by atoms with Crippen LogP contribution in [0.25, 0.3) is 0 Å². The average molecular weight is 425 g/mol. The van der Waals surface area contributed by atoms with E-state index in [2.05, 4.69) is 31.5 Å². The van der Waals surface area contributed by atoms with Crippen LogP contribution in [0.5, 0.6) is 0 Å². The zero-order valence-electron chi connectivity index (χ0n) is 16.0. The van der Waals surface area contributed by atoms with Gasteiger partial charge < -0.3 is 10.6 Å². The fourth-order valence-corrected chi connectivity index (χ4v) is 2.50. The molecule has 1 heterocycles. The number of rotatable bonds is 7. The summed E-state index contributed by atoms with van der Waals surface area (Å²) < 4.78 is 13.0. The zero-order valence-corrected chi connectivity index (χ0v) is 16.0. The van der Waals surface area contributed by atoms with E-state index < -0.39 is 22.3 Å². The Balaban J connectivity index is 1.77. The van der Waals surface area contributed by atoms with Crippen LogP contribution in [0.3, 0.4) is 0 Å². The molecule has 158 valence electrons. The van der Waals surface area contributed by atoms with Crippen molar-refractivity contribution in [2.75, 3.05) is 16.1 Å². The van der Waals surface area contributed by atoms with Gasteiger partial charge >= 0.3 is 5.69 Å². The summed E-state index contributed by atoms with van der Waals surface area (Å²) in [5.74, 6) is -1.75. The first-order valence-corrected chi connectivity index (χ1v) is 8.79. The maximum Gasteiger partial charge on any atom is 0.355 e. The minimum atomic E-state index is -0.708. The molecule has 3 rings (SSSR count). The number of hydrogen-bond acceptors (Lipinski definition) is 8. The Kier molecular flexibility index (Phi) is 6.30. The summed E-state index contributed by atoms with van der Waals surface area (Å²) in [6, 6.07) is 11.2. The van der Waals surface area contributed by atoms with Crippen molar-refractivity contribution in [1.29, 1.82) is 0 Å². The molecule has 2 aromatic carbocycles. The molecule has 3 aromatic rings. The molecule has 12 heteroatoms.